The molecule has 0 fully saturated rings. The molecule has 0 saturated carbocycles. The highest BCUT2D eigenvalue weighted by atomic mass is 32.2. The van der Waals surface area contributed by atoms with Crippen LogP contribution in [0, 0.1) is 10.7 Å². The number of thioether (sulfide) groups is 1. The summed E-state index contributed by atoms with van der Waals surface area (Å²) in [6, 6.07) is 7.07. The molecule has 0 aromatic heterocycles. The van der Waals surface area contributed by atoms with Crippen LogP contribution in [0.1, 0.15) is 31.7 Å². The fraction of sp³-hybridized carbons (Fsp3) is 0.462. The van der Waals surface area contributed by atoms with Crippen molar-refractivity contribution in [2.45, 2.75) is 31.1 Å². The molecule has 1 atom stereocenters. The number of thiocyanates is 1. The van der Waals surface area contributed by atoms with Gasteiger partial charge < -0.3 is 0 Å². The van der Waals surface area contributed by atoms with Gasteiger partial charge in [-0.2, -0.15) is 5.26 Å². The molecule has 5 heteroatoms. The Bertz CT molecular complexity index is 515. The molecule has 0 spiro atoms. The lowest BCUT2D eigenvalue weighted by Crippen LogP contribution is -2.04. The van der Waals surface area contributed by atoms with E-state index < -0.39 is 9.84 Å². The van der Waals surface area contributed by atoms with Gasteiger partial charge >= 0.3 is 0 Å². The molecule has 0 heterocycles. The molecule has 0 N–H and O–H groups in total. The van der Waals surface area contributed by atoms with E-state index in [9.17, 15) is 8.42 Å². The van der Waals surface area contributed by atoms with Gasteiger partial charge in [0.25, 0.3) is 0 Å². The minimum Gasteiger partial charge on any atom is -0.224 e. The number of rotatable bonds is 6. The number of sulfone groups is 1. The molecular formula is C13H17NO2S2. The smallest absolute Gasteiger partial charge is 0.178 e. The standard InChI is InChI=1S/C13H17NO2S2/c1-3-18(15,16)13-6-4-12(5-7-13)11(2)8-9-17-10-14/h4-7,11H,3,8-9H2,1-2H3. The van der Waals surface area contributed by atoms with Crippen LogP contribution in [0.15, 0.2) is 29.2 Å². The zero-order valence-electron chi connectivity index (χ0n) is 10.6. The van der Waals surface area contributed by atoms with E-state index in [0.717, 1.165) is 17.7 Å². The van der Waals surface area contributed by atoms with E-state index in [1.807, 2.05) is 17.5 Å². The van der Waals surface area contributed by atoms with E-state index in [4.69, 9.17) is 5.26 Å². The van der Waals surface area contributed by atoms with Crippen molar-refractivity contribution >= 4 is 21.6 Å². The van der Waals surface area contributed by atoms with Crippen molar-refractivity contribution in [3.63, 3.8) is 0 Å². The lowest BCUT2D eigenvalue weighted by molar-refractivity contribution is 0.597. The molecular weight excluding hydrogens is 266 g/mol. The second-order valence-electron chi connectivity index (χ2n) is 4.10. The SMILES string of the molecule is CCS(=O)(=O)c1ccc(C(C)CCSC#N)cc1. The minimum absolute atomic E-state index is 0.126. The quantitative estimate of drug-likeness (QED) is 0.594. The number of hydrogen-bond acceptors (Lipinski definition) is 4. The Balaban J connectivity index is 2.74. The van der Waals surface area contributed by atoms with Crippen LogP contribution in [0.25, 0.3) is 0 Å². The Hall–Kier alpha value is -0.990. The van der Waals surface area contributed by atoms with Crippen LogP contribution in [-0.2, 0) is 9.84 Å². The molecule has 1 rings (SSSR count). The molecule has 98 valence electrons. The molecule has 3 nitrogen and oxygen atoms in total. The summed E-state index contributed by atoms with van der Waals surface area (Å²) < 4.78 is 23.3. The monoisotopic (exact) mass is 283 g/mol. The van der Waals surface area contributed by atoms with Crippen LogP contribution in [0.5, 0.6) is 0 Å². The van der Waals surface area contributed by atoms with Crippen molar-refractivity contribution in [2.24, 2.45) is 0 Å². The van der Waals surface area contributed by atoms with Gasteiger partial charge in [0.2, 0.25) is 0 Å². The fourth-order valence-corrected chi connectivity index (χ4v) is 3.07. The first-order valence-corrected chi connectivity index (χ1v) is 8.48. The number of hydrogen-bond donors (Lipinski definition) is 0. The van der Waals surface area contributed by atoms with Gasteiger partial charge in [0.15, 0.2) is 9.84 Å². The molecule has 0 aliphatic heterocycles. The normalized spacial score (nSPS) is 12.9. The molecule has 0 radical (unpaired) electrons. The fourth-order valence-electron chi connectivity index (χ4n) is 1.62. The topological polar surface area (TPSA) is 57.9 Å². The van der Waals surface area contributed by atoms with Crippen LogP contribution in [0.2, 0.25) is 0 Å². The highest BCUT2D eigenvalue weighted by molar-refractivity contribution is 8.03. The average molecular weight is 283 g/mol. The maximum atomic E-state index is 11.7. The summed E-state index contributed by atoms with van der Waals surface area (Å²) in [5.41, 5.74) is 1.11. The van der Waals surface area contributed by atoms with Crippen LogP contribution in [0.3, 0.4) is 0 Å². The first-order valence-electron chi connectivity index (χ1n) is 5.85. The Morgan fingerprint density at radius 1 is 1.33 bits per heavy atom. The Morgan fingerprint density at radius 2 is 1.94 bits per heavy atom. The molecule has 1 unspecified atom stereocenters. The zero-order valence-corrected chi connectivity index (χ0v) is 12.2. The van der Waals surface area contributed by atoms with Crippen LogP contribution in [0.4, 0.5) is 0 Å². The number of nitriles is 1. The summed E-state index contributed by atoms with van der Waals surface area (Å²) >= 11 is 1.25. The van der Waals surface area contributed by atoms with E-state index in [0.29, 0.717) is 10.8 Å². The summed E-state index contributed by atoms with van der Waals surface area (Å²) in [6.07, 6.45) is 0.915. The van der Waals surface area contributed by atoms with Crippen molar-refractivity contribution in [2.75, 3.05) is 11.5 Å². The lowest BCUT2D eigenvalue weighted by atomic mass is 9.99. The molecule has 0 aliphatic carbocycles. The van der Waals surface area contributed by atoms with Crippen molar-refractivity contribution in [3.05, 3.63) is 29.8 Å². The Morgan fingerprint density at radius 3 is 2.44 bits per heavy atom. The van der Waals surface area contributed by atoms with Gasteiger partial charge in [-0.05, 0) is 41.8 Å². The maximum absolute atomic E-state index is 11.7. The first kappa shape index (κ1) is 15.1. The molecule has 0 amide bonds. The predicted molar refractivity (Wildman–Crippen MR) is 75.3 cm³/mol. The lowest BCUT2D eigenvalue weighted by Gasteiger charge is -2.11. The van der Waals surface area contributed by atoms with Crippen molar-refractivity contribution < 1.29 is 8.42 Å². The summed E-state index contributed by atoms with van der Waals surface area (Å²) in [5.74, 6) is 1.26. The van der Waals surface area contributed by atoms with Gasteiger partial charge in [-0.15, -0.1) is 0 Å². The largest absolute Gasteiger partial charge is 0.224 e. The van der Waals surface area contributed by atoms with Crippen molar-refractivity contribution in [3.8, 4) is 5.40 Å². The molecule has 0 saturated heterocycles. The van der Waals surface area contributed by atoms with E-state index in [1.165, 1.54) is 11.8 Å². The van der Waals surface area contributed by atoms with Gasteiger partial charge in [0.1, 0.15) is 5.40 Å². The molecule has 1 aromatic carbocycles. The number of nitrogens with zero attached hydrogens (tertiary/aromatic N) is 1. The Labute approximate surface area is 113 Å². The average Bonchev–Trinajstić information content (AvgIpc) is 2.39. The third-order valence-electron chi connectivity index (χ3n) is 2.91. The summed E-state index contributed by atoms with van der Waals surface area (Å²) in [6.45, 7) is 3.73. The van der Waals surface area contributed by atoms with E-state index in [2.05, 4.69) is 6.92 Å². The van der Waals surface area contributed by atoms with Gasteiger partial charge in [-0.25, -0.2) is 8.42 Å². The third-order valence-corrected chi connectivity index (χ3v) is 5.23. The van der Waals surface area contributed by atoms with Crippen molar-refractivity contribution in [1.82, 2.24) is 0 Å². The molecule has 18 heavy (non-hydrogen) atoms. The molecule has 0 bridgehead atoms. The highest BCUT2D eigenvalue weighted by Gasteiger charge is 2.12. The zero-order chi connectivity index (χ0) is 13.6. The first-order chi connectivity index (χ1) is 8.51. The summed E-state index contributed by atoms with van der Waals surface area (Å²) in [4.78, 5) is 0.382. The van der Waals surface area contributed by atoms with Gasteiger partial charge in [0, 0.05) is 5.75 Å². The second kappa shape index (κ2) is 6.81. The second-order valence-corrected chi connectivity index (χ2v) is 7.26. The number of benzene rings is 1. The predicted octanol–water partition coefficient (Wildman–Crippen LogP) is 3.19. The Kier molecular flexibility index (Phi) is 5.70. The van der Waals surface area contributed by atoms with Gasteiger partial charge in [0.05, 0.1) is 10.6 Å². The van der Waals surface area contributed by atoms with E-state index >= 15 is 0 Å². The highest BCUT2D eigenvalue weighted by Crippen LogP contribution is 2.22. The van der Waals surface area contributed by atoms with Crippen LogP contribution < -0.4 is 0 Å². The van der Waals surface area contributed by atoms with Crippen LogP contribution in [-0.4, -0.2) is 19.9 Å². The van der Waals surface area contributed by atoms with E-state index in [1.54, 1.807) is 19.1 Å². The third kappa shape index (κ3) is 4.04. The molecule has 1 aromatic rings. The van der Waals surface area contributed by atoms with Gasteiger partial charge in [-0.3, -0.25) is 0 Å². The van der Waals surface area contributed by atoms with E-state index in [-0.39, 0.29) is 5.75 Å². The molecule has 0 aliphatic rings. The van der Waals surface area contributed by atoms with Crippen LogP contribution >= 0.6 is 11.8 Å². The van der Waals surface area contributed by atoms with Gasteiger partial charge in [-0.1, -0.05) is 26.0 Å². The van der Waals surface area contributed by atoms with Crippen molar-refractivity contribution in [1.29, 1.82) is 5.26 Å². The summed E-state index contributed by atoms with van der Waals surface area (Å²) in [5, 5.41) is 10.5. The minimum atomic E-state index is -3.11. The maximum Gasteiger partial charge on any atom is 0.178 e. The summed E-state index contributed by atoms with van der Waals surface area (Å²) in [7, 11) is -3.11.